The van der Waals surface area contributed by atoms with Crippen molar-refractivity contribution in [2.75, 3.05) is 31.2 Å². The number of piperidine rings is 1. The van der Waals surface area contributed by atoms with E-state index in [-0.39, 0.29) is 16.9 Å². The highest BCUT2D eigenvalue weighted by Gasteiger charge is 2.51. The number of amides is 1. The van der Waals surface area contributed by atoms with Crippen molar-refractivity contribution < 1.29 is 4.79 Å². The minimum Gasteiger partial charge on any atom is -0.383 e. The lowest BCUT2D eigenvalue weighted by atomic mass is 9.78. The zero-order chi connectivity index (χ0) is 21.1. The van der Waals surface area contributed by atoms with Crippen LogP contribution in [0.25, 0.3) is 0 Å². The number of aryl methyl sites for hydroxylation is 1. The molecule has 4 rings (SSSR count). The zero-order valence-electron chi connectivity index (χ0n) is 17.5. The van der Waals surface area contributed by atoms with Gasteiger partial charge in [-0.1, -0.05) is 13.8 Å². The van der Waals surface area contributed by atoms with Gasteiger partial charge in [0.15, 0.2) is 0 Å². The van der Waals surface area contributed by atoms with Crippen LogP contribution in [-0.2, 0) is 5.66 Å². The Morgan fingerprint density at radius 3 is 2.62 bits per heavy atom. The molecule has 4 N–H and O–H groups in total. The Morgan fingerprint density at radius 1 is 1.21 bits per heavy atom. The summed E-state index contributed by atoms with van der Waals surface area (Å²) < 4.78 is 1.64. The standard InChI is InChI=1S/C20H27N7O2/c1-11-6-13(24-16-12(2)15(21)22-10-23-16)18(29)27-14(11)17(28)25-20(27)7-19(3,4)8-26(5)9-20/h6,10H,7-9H2,1-5H3,(H,25,28)(H3,21,22,23,24). The van der Waals surface area contributed by atoms with E-state index in [1.165, 1.54) is 6.33 Å². The Hall–Kier alpha value is -2.94. The molecule has 2 aromatic rings. The molecule has 1 fully saturated rings. The third-order valence-electron chi connectivity index (χ3n) is 5.76. The van der Waals surface area contributed by atoms with Crippen LogP contribution in [0.2, 0.25) is 0 Å². The smallest absolute Gasteiger partial charge is 0.276 e. The lowest BCUT2D eigenvalue weighted by Crippen LogP contribution is -2.61. The average molecular weight is 397 g/mol. The molecule has 1 unspecified atom stereocenters. The maximum Gasteiger partial charge on any atom is 0.276 e. The number of rotatable bonds is 2. The molecule has 154 valence electrons. The summed E-state index contributed by atoms with van der Waals surface area (Å²) in [5.74, 6) is 0.617. The van der Waals surface area contributed by atoms with Crippen LogP contribution < -0.4 is 21.9 Å². The summed E-state index contributed by atoms with van der Waals surface area (Å²) in [6.07, 6.45) is 2.03. The molecule has 9 heteroatoms. The lowest BCUT2D eigenvalue weighted by Gasteiger charge is -2.47. The second-order valence-corrected chi connectivity index (χ2v) is 9.09. The Balaban J connectivity index is 1.88. The molecule has 29 heavy (non-hydrogen) atoms. The molecule has 0 aromatic carbocycles. The second kappa shape index (κ2) is 6.28. The third kappa shape index (κ3) is 3.05. The van der Waals surface area contributed by atoms with Crippen LogP contribution in [0, 0.1) is 19.3 Å². The molecular formula is C20H27N7O2. The summed E-state index contributed by atoms with van der Waals surface area (Å²) >= 11 is 0. The van der Waals surface area contributed by atoms with Crippen molar-refractivity contribution >= 4 is 23.2 Å². The molecule has 4 heterocycles. The van der Waals surface area contributed by atoms with Crippen LogP contribution in [0.1, 0.15) is 41.9 Å². The number of likely N-dealkylation sites (tertiary alicyclic amines) is 1. The molecule has 1 amide bonds. The normalized spacial score (nSPS) is 23.1. The van der Waals surface area contributed by atoms with Crippen molar-refractivity contribution in [3.63, 3.8) is 0 Å². The van der Waals surface area contributed by atoms with E-state index in [9.17, 15) is 9.59 Å². The fourth-order valence-corrected chi connectivity index (χ4v) is 4.94. The van der Waals surface area contributed by atoms with Crippen LogP contribution in [0.15, 0.2) is 17.2 Å². The maximum absolute atomic E-state index is 13.6. The number of nitrogens with two attached hydrogens (primary N) is 1. The lowest BCUT2D eigenvalue weighted by molar-refractivity contribution is 0.0167. The van der Waals surface area contributed by atoms with E-state index in [0.717, 1.165) is 12.1 Å². The number of carbonyl (C=O) groups is 1. The third-order valence-corrected chi connectivity index (χ3v) is 5.76. The van der Waals surface area contributed by atoms with Gasteiger partial charge in [0, 0.05) is 18.7 Å². The first-order valence-electron chi connectivity index (χ1n) is 9.65. The average Bonchev–Trinajstić information content (AvgIpc) is 2.86. The van der Waals surface area contributed by atoms with Crippen LogP contribution in [0.3, 0.4) is 0 Å². The largest absolute Gasteiger partial charge is 0.383 e. The molecule has 0 aliphatic carbocycles. The molecule has 1 spiro atoms. The molecule has 0 radical (unpaired) electrons. The van der Waals surface area contributed by atoms with Crippen LogP contribution in [0.5, 0.6) is 0 Å². The summed E-state index contributed by atoms with van der Waals surface area (Å²) in [6, 6.07) is 1.70. The molecular weight excluding hydrogens is 370 g/mol. The fraction of sp³-hybridized carbons (Fsp3) is 0.500. The molecule has 2 aliphatic heterocycles. The van der Waals surface area contributed by atoms with Gasteiger partial charge in [0.05, 0.1) is 0 Å². The van der Waals surface area contributed by atoms with Gasteiger partial charge in [-0.2, -0.15) is 0 Å². The minimum atomic E-state index is -0.776. The molecule has 2 aromatic heterocycles. The predicted molar refractivity (Wildman–Crippen MR) is 111 cm³/mol. The first kappa shape index (κ1) is 19.4. The zero-order valence-corrected chi connectivity index (χ0v) is 17.5. The number of aromatic nitrogens is 3. The SMILES string of the molecule is Cc1cc(Nc2ncnc(N)c2C)c(=O)n2c1C(=O)NC21CN(C)CC(C)(C)C1. The Bertz CT molecular complexity index is 1080. The van der Waals surface area contributed by atoms with Crippen molar-refractivity contribution in [2.24, 2.45) is 5.41 Å². The van der Waals surface area contributed by atoms with Gasteiger partial charge in [-0.3, -0.25) is 14.2 Å². The highest BCUT2D eigenvalue weighted by molar-refractivity contribution is 5.97. The highest BCUT2D eigenvalue weighted by Crippen LogP contribution is 2.40. The van der Waals surface area contributed by atoms with E-state index in [1.807, 2.05) is 14.0 Å². The number of carbonyl (C=O) groups excluding carboxylic acids is 1. The molecule has 0 bridgehead atoms. The Morgan fingerprint density at radius 2 is 1.93 bits per heavy atom. The molecule has 0 saturated carbocycles. The number of hydrogen-bond acceptors (Lipinski definition) is 7. The molecule has 1 saturated heterocycles. The number of nitrogen functional groups attached to an aromatic ring is 1. The number of anilines is 3. The van der Waals surface area contributed by atoms with Gasteiger partial charge in [0.25, 0.3) is 11.5 Å². The number of nitrogens with zero attached hydrogens (tertiary/aromatic N) is 4. The van der Waals surface area contributed by atoms with Gasteiger partial charge in [-0.05, 0) is 44.4 Å². The van der Waals surface area contributed by atoms with E-state index in [1.54, 1.807) is 17.6 Å². The maximum atomic E-state index is 13.6. The monoisotopic (exact) mass is 397 g/mol. The number of likely N-dealkylation sites (N-methyl/N-ethyl adjacent to an activating group) is 1. The number of hydrogen-bond donors (Lipinski definition) is 3. The van der Waals surface area contributed by atoms with E-state index in [0.29, 0.717) is 41.5 Å². The summed E-state index contributed by atoms with van der Waals surface area (Å²) in [6.45, 7) is 9.40. The second-order valence-electron chi connectivity index (χ2n) is 9.09. The van der Waals surface area contributed by atoms with E-state index < -0.39 is 5.66 Å². The Labute approximate surface area is 169 Å². The molecule has 1 atom stereocenters. The van der Waals surface area contributed by atoms with Crippen LogP contribution in [0.4, 0.5) is 17.3 Å². The predicted octanol–water partition coefficient (Wildman–Crippen LogP) is 1.34. The fourth-order valence-electron chi connectivity index (χ4n) is 4.94. The van der Waals surface area contributed by atoms with Crippen molar-refractivity contribution in [3.8, 4) is 0 Å². The first-order chi connectivity index (χ1) is 13.5. The van der Waals surface area contributed by atoms with Crippen molar-refractivity contribution in [1.82, 2.24) is 24.8 Å². The summed E-state index contributed by atoms with van der Waals surface area (Å²) in [5, 5.41) is 6.23. The topological polar surface area (TPSA) is 118 Å². The van der Waals surface area contributed by atoms with E-state index in [4.69, 9.17) is 5.73 Å². The Kier molecular flexibility index (Phi) is 4.20. The van der Waals surface area contributed by atoms with Crippen LogP contribution >= 0.6 is 0 Å². The highest BCUT2D eigenvalue weighted by atomic mass is 16.2. The van der Waals surface area contributed by atoms with E-state index >= 15 is 0 Å². The summed E-state index contributed by atoms with van der Waals surface area (Å²) in [5.41, 5.74) is 6.95. The summed E-state index contributed by atoms with van der Waals surface area (Å²) in [4.78, 5) is 36.8. The molecule has 9 nitrogen and oxygen atoms in total. The van der Waals surface area contributed by atoms with E-state index in [2.05, 4.69) is 39.3 Å². The van der Waals surface area contributed by atoms with Gasteiger partial charge in [0.1, 0.15) is 35.0 Å². The van der Waals surface area contributed by atoms with Crippen molar-refractivity contribution in [3.05, 3.63) is 39.6 Å². The summed E-state index contributed by atoms with van der Waals surface area (Å²) in [7, 11) is 2.01. The number of nitrogens with one attached hydrogen (secondary N) is 2. The first-order valence-corrected chi connectivity index (χ1v) is 9.65. The van der Waals surface area contributed by atoms with Gasteiger partial charge in [-0.15, -0.1) is 0 Å². The number of pyridine rings is 1. The quantitative estimate of drug-likeness (QED) is 0.700. The number of fused-ring (bicyclic) bond motifs is 2. The van der Waals surface area contributed by atoms with Crippen molar-refractivity contribution in [2.45, 2.75) is 39.8 Å². The van der Waals surface area contributed by atoms with Crippen molar-refractivity contribution in [1.29, 1.82) is 0 Å². The van der Waals surface area contributed by atoms with Gasteiger partial charge < -0.3 is 21.3 Å². The minimum absolute atomic E-state index is 0.0592. The van der Waals surface area contributed by atoms with Gasteiger partial charge >= 0.3 is 0 Å². The van der Waals surface area contributed by atoms with Gasteiger partial charge in [0.2, 0.25) is 0 Å². The van der Waals surface area contributed by atoms with Crippen LogP contribution in [-0.4, -0.2) is 45.5 Å². The van der Waals surface area contributed by atoms with Gasteiger partial charge in [-0.25, -0.2) is 9.97 Å². The molecule has 2 aliphatic rings.